The van der Waals surface area contributed by atoms with Crippen molar-refractivity contribution in [1.82, 2.24) is 0 Å². The van der Waals surface area contributed by atoms with E-state index in [0.717, 1.165) is 12.0 Å². The molecule has 1 aromatic rings. The van der Waals surface area contributed by atoms with Crippen molar-refractivity contribution in [3.8, 4) is 5.75 Å². The molecule has 0 heterocycles. The quantitative estimate of drug-likeness (QED) is 0.721. The van der Waals surface area contributed by atoms with Crippen molar-refractivity contribution in [2.24, 2.45) is 10.8 Å². The van der Waals surface area contributed by atoms with Gasteiger partial charge in [0.1, 0.15) is 5.75 Å². The number of halogens is 1. The smallest absolute Gasteiger partial charge is 0.310 e. The Kier molecular flexibility index (Phi) is 5.58. The number of rotatable bonds is 8. The lowest BCUT2D eigenvalue weighted by atomic mass is 9.52. The Morgan fingerprint density at radius 2 is 2.00 bits per heavy atom. The summed E-state index contributed by atoms with van der Waals surface area (Å²) in [5.41, 5.74) is 0.392. The van der Waals surface area contributed by atoms with Crippen LogP contribution in [0.2, 0.25) is 5.02 Å². The van der Waals surface area contributed by atoms with Crippen LogP contribution < -0.4 is 4.74 Å². The third kappa shape index (κ3) is 4.39. The van der Waals surface area contributed by atoms with Gasteiger partial charge in [-0.2, -0.15) is 0 Å². The van der Waals surface area contributed by atoms with Crippen molar-refractivity contribution in [2.75, 3.05) is 20.3 Å². The van der Waals surface area contributed by atoms with Crippen molar-refractivity contribution in [2.45, 2.75) is 39.5 Å². The van der Waals surface area contributed by atoms with Crippen molar-refractivity contribution in [3.05, 3.63) is 28.8 Å². The Morgan fingerprint density at radius 3 is 2.57 bits per heavy atom. The number of carboxylic acids is 1. The number of hydrogen-bond donors (Lipinski definition) is 1. The van der Waals surface area contributed by atoms with Gasteiger partial charge in [0.2, 0.25) is 0 Å². The van der Waals surface area contributed by atoms with Gasteiger partial charge in [-0.3, -0.25) is 4.79 Å². The Morgan fingerprint density at radius 1 is 1.30 bits per heavy atom. The molecule has 0 atom stereocenters. The topological polar surface area (TPSA) is 55.8 Å². The van der Waals surface area contributed by atoms with E-state index in [4.69, 9.17) is 21.1 Å². The molecule has 4 nitrogen and oxygen atoms in total. The molecule has 1 aromatic carbocycles. The largest absolute Gasteiger partial charge is 0.492 e. The fourth-order valence-electron chi connectivity index (χ4n) is 3.68. The van der Waals surface area contributed by atoms with Gasteiger partial charge < -0.3 is 14.6 Å². The van der Waals surface area contributed by atoms with Crippen LogP contribution in [0.25, 0.3) is 0 Å². The maximum absolute atomic E-state index is 11.7. The Balaban J connectivity index is 2.06. The first kappa shape index (κ1) is 18.1. The fraction of sp³-hybridized carbons (Fsp3) is 0.611. The zero-order valence-electron chi connectivity index (χ0n) is 14.0. The highest BCUT2D eigenvalue weighted by Crippen LogP contribution is 2.56. The molecular formula is C18H25ClO4. The van der Waals surface area contributed by atoms with Gasteiger partial charge >= 0.3 is 5.97 Å². The van der Waals surface area contributed by atoms with E-state index >= 15 is 0 Å². The van der Waals surface area contributed by atoms with Crippen LogP contribution in [0.4, 0.5) is 0 Å². The van der Waals surface area contributed by atoms with Crippen LogP contribution in [0.1, 0.15) is 38.7 Å². The van der Waals surface area contributed by atoms with Gasteiger partial charge in [0.25, 0.3) is 0 Å². The monoisotopic (exact) mass is 340 g/mol. The molecule has 2 rings (SSSR count). The number of methoxy groups -OCH3 is 1. The van der Waals surface area contributed by atoms with Crippen LogP contribution in [0.15, 0.2) is 18.2 Å². The summed E-state index contributed by atoms with van der Waals surface area (Å²) in [7, 11) is 1.65. The van der Waals surface area contributed by atoms with Crippen molar-refractivity contribution < 1.29 is 19.4 Å². The summed E-state index contributed by atoms with van der Waals surface area (Å²) in [6.07, 6.45) is 2.69. The molecule has 0 radical (unpaired) electrons. The van der Waals surface area contributed by atoms with E-state index in [2.05, 4.69) is 13.8 Å². The summed E-state index contributed by atoms with van der Waals surface area (Å²) < 4.78 is 10.7. The third-order valence-electron chi connectivity index (χ3n) is 4.38. The Bertz CT molecular complexity index is 560. The van der Waals surface area contributed by atoms with Crippen molar-refractivity contribution in [3.63, 3.8) is 0 Å². The minimum Gasteiger partial charge on any atom is -0.492 e. The normalized spacial score (nSPS) is 18.3. The summed E-state index contributed by atoms with van der Waals surface area (Å²) in [6.45, 7) is 5.38. The highest BCUT2D eigenvalue weighted by atomic mass is 35.5. The van der Waals surface area contributed by atoms with E-state index in [1.165, 1.54) is 0 Å². The van der Waals surface area contributed by atoms with E-state index < -0.39 is 11.4 Å². The molecule has 0 unspecified atom stereocenters. The molecule has 1 N–H and O–H groups in total. The van der Waals surface area contributed by atoms with Gasteiger partial charge in [-0.05, 0) is 42.4 Å². The first-order chi connectivity index (χ1) is 10.8. The minimum atomic E-state index is -0.714. The average molecular weight is 341 g/mol. The molecule has 5 heteroatoms. The summed E-state index contributed by atoms with van der Waals surface area (Å²) >= 11 is 6.16. The second-order valence-corrected chi connectivity index (χ2v) is 7.65. The molecule has 0 amide bonds. The highest BCUT2D eigenvalue weighted by Gasteiger charge is 2.54. The molecule has 0 saturated heterocycles. The molecule has 1 fully saturated rings. The lowest BCUT2D eigenvalue weighted by Crippen LogP contribution is -2.49. The van der Waals surface area contributed by atoms with Crippen LogP contribution in [0.5, 0.6) is 5.75 Å². The molecule has 0 aromatic heterocycles. The van der Waals surface area contributed by atoms with E-state index in [9.17, 15) is 9.90 Å². The third-order valence-corrected chi connectivity index (χ3v) is 4.69. The summed E-state index contributed by atoms with van der Waals surface area (Å²) in [5.74, 6) is -0.103. The van der Waals surface area contributed by atoms with E-state index in [0.29, 0.717) is 43.2 Å². The predicted octanol–water partition coefficient (Wildman–Crippen LogP) is 4.19. The van der Waals surface area contributed by atoms with E-state index in [1.54, 1.807) is 13.2 Å². The zero-order chi connectivity index (χ0) is 17.1. The molecule has 23 heavy (non-hydrogen) atoms. The highest BCUT2D eigenvalue weighted by molar-refractivity contribution is 6.32. The van der Waals surface area contributed by atoms with Crippen molar-refractivity contribution >= 4 is 17.6 Å². The predicted molar refractivity (Wildman–Crippen MR) is 90.2 cm³/mol. The van der Waals surface area contributed by atoms with Crippen LogP contribution in [0.3, 0.4) is 0 Å². The van der Waals surface area contributed by atoms with Gasteiger partial charge in [-0.1, -0.05) is 31.5 Å². The van der Waals surface area contributed by atoms with Crippen LogP contribution in [-0.2, 0) is 16.0 Å². The first-order valence-corrected chi connectivity index (χ1v) is 8.29. The standard InChI is InChI=1S/C18H25ClO4/c1-17(2)11-18(12-17,16(20)21)10-13-5-6-14(19)15(9-13)23-8-4-7-22-3/h5-6,9H,4,7-8,10-12H2,1-3H3,(H,20,21). The number of hydrogen-bond acceptors (Lipinski definition) is 3. The molecule has 1 aliphatic carbocycles. The van der Waals surface area contributed by atoms with Gasteiger partial charge in [0.15, 0.2) is 0 Å². The molecule has 1 aliphatic rings. The minimum absolute atomic E-state index is 0.101. The maximum Gasteiger partial charge on any atom is 0.310 e. The number of aliphatic carboxylic acids is 1. The van der Waals surface area contributed by atoms with Crippen LogP contribution >= 0.6 is 11.6 Å². The Labute approximate surface area is 142 Å². The molecule has 128 valence electrons. The molecule has 0 spiro atoms. The van der Waals surface area contributed by atoms with Gasteiger partial charge in [0, 0.05) is 20.1 Å². The number of ether oxygens (including phenoxy) is 2. The lowest BCUT2D eigenvalue weighted by Gasteiger charge is -2.50. The van der Waals surface area contributed by atoms with Gasteiger partial charge in [-0.25, -0.2) is 0 Å². The second kappa shape index (κ2) is 7.10. The Hall–Kier alpha value is -1.26. The zero-order valence-corrected chi connectivity index (χ0v) is 14.8. The SMILES string of the molecule is COCCCOc1cc(CC2(C(=O)O)CC(C)(C)C2)ccc1Cl. The summed E-state index contributed by atoms with van der Waals surface area (Å²) in [6, 6.07) is 5.54. The number of carboxylic acid groups (broad SMARTS) is 1. The van der Waals surface area contributed by atoms with Crippen LogP contribution in [0, 0.1) is 10.8 Å². The van der Waals surface area contributed by atoms with E-state index in [-0.39, 0.29) is 5.41 Å². The number of carbonyl (C=O) groups is 1. The van der Waals surface area contributed by atoms with E-state index in [1.807, 2.05) is 12.1 Å². The number of benzene rings is 1. The first-order valence-electron chi connectivity index (χ1n) is 7.92. The summed E-state index contributed by atoms with van der Waals surface area (Å²) in [5, 5.41) is 10.2. The van der Waals surface area contributed by atoms with Gasteiger partial charge in [0.05, 0.1) is 17.0 Å². The van der Waals surface area contributed by atoms with Crippen molar-refractivity contribution in [1.29, 1.82) is 0 Å². The van der Waals surface area contributed by atoms with Gasteiger partial charge in [-0.15, -0.1) is 0 Å². The average Bonchev–Trinajstić information content (AvgIpc) is 2.44. The van der Waals surface area contributed by atoms with Crippen LogP contribution in [-0.4, -0.2) is 31.4 Å². The lowest BCUT2D eigenvalue weighted by molar-refractivity contribution is -0.163. The molecule has 0 bridgehead atoms. The summed E-state index contributed by atoms with van der Waals surface area (Å²) in [4.78, 5) is 11.7. The molecular weight excluding hydrogens is 316 g/mol. The second-order valence-electron chi connectivity index (χ2n) is 7.24. The molecule has 0 aliphatic heterocycles. The molecule has 1 saturated carbocycles. The maximum atomic E-state index is 11.7. The fourth-order valence-corrected chi connectivity index (χ4v) is 3.85.